The van der Waals surface area contributed by atoms with Gasteiger partial charge >= 0.3 is 5.97 Å². The molecule has 3 rings (SSSR count). The van der Waals surface area contributed by atoms with Crippen molar-refractivity contribution < 1.29 is 14.3 Å². The molecular weight excluding hydrogens is 340 g/mol. The van der Waals surface area contributed by atoms with Crippen LogP contribution in [0.25, 0.3) is 5.69 Å². The van der Waals surface area contributed by atoms with Crippen molar-refractivity contribution in [2.45, 2.75) is 13.8 Å². The normalized spacial score (nSPS) is 10.4. The highest BCUT2D eigenvalue weighted by Crippen LogP contribution is 2.18. The minimum atomic E-state index is -0.513. The number of nitrogens with zero attached hydrogens (tertiary/aromatic N) is 2. The van der Waals surface area contributed by atoms with Gasteiger partial charge in [-0.3, -0.25) is 4.79 Å². The molecule has 1 amide bonds. The summed E-state index contributed by atoms with van der Waals surface area (Å²) in [5.41, 5.74) is 3.14. The summed E-state index contributed by atoms with van der Waals surface area (Å²) >= 11 is 0. The van der Waals surface area contributed by atoms with Crippen molar-refractivity contribution in [3.05, 3.63) is 84.2 Å². The van der Waals surface area contributed by atoms with Crippen molar-refractivity contribution in [2.24, 2.45) is 0 Å². The summed E-state index contributed by atoms with van der Waals surface area (Å²) < 4.78 is 7.20. The van der Waals surface area contributed by atoms with Gasteiger partial charge < -0.3 is 14.2 Å². The summed E-state index contributed by atoms with van der Waals surface area (Å²) in [7, 11) is 0. The Morgan fingerprint density at radius 2 is 1.70 bits per heavy atom. The third-order valence-corrected chi connectivity index (χ3v) is 4.34. The molecule has 0 saturated carbocycles. The minimum absolute atomic E-state index is 0.255. The number of esters is 1. The summed E-state index contributed by atoms with van der Waals surface area (Å²) in [6.45, 7) is 4.07. The van der Waals surface area contributed by atoms with E-state index >= 15 is 0 Å². The molecule has 0 saturated heterocycles. The fourth-order valence-corrected chi connectivity index (χ4v) is 2.91. The first kappa shape index (κ1) is 18.5. The number of carbonyl (C=O) groups excluding carboxylic acids is 2. The zero-order valence-corrected chi connectivity index (χ0v) is 15.5. The average molecular weight is 362 g/mol. The Labute approximate surface area is 158 Å². The molecule has 1 heterocycles. The van der Waals surface area contributed by atoms with E-state index in [1.165, 1.54) is 0 Å². The van der Waals surface area contributed by atoms with Crippen LogP contribution in [0.5, 0.6) is 0 Å². The number of hydrogen-bond acceptors (Lipinski definition) is 3. The number of benzene rings is 2. The van der Waals surface area contributed by atoms with Gasteiger partial charge in [-0.2, -0.15) is 0 Å². The Kier molecular flexibility index (Phi) is 5.71. The SMILES string of the molecule is CCN(C(=O)COC(=O)c1ccc(C)c(-n2cccc2)c1)c1ccccc1. The van der Waals surface area contributed by atoms with Crippen LogP contribution in [0, 0.1) is 6.92 Å². The third kappa shape index (κ3) is 4.26. The first-order chi connectivity index (χ1) is 13.1. The summed E-state index contributed by atoms with van der Waals surface area (Å²) in [4.78, 5) is 26.5. The lowest BCUT2D eigenvalue weighted by Gasteiger charge is -2.20. The van der Waals surface area contributed by atoms with Gasteiger partial charge in [-0.25, -0.2) is 4.79 Å². The highest BCUT2D eigenvalue weighted by molar-refractivity contribution is 5.97. The van der Waals surface area contributed by atoms with E-state index in [0.717, 1.165) is 16.9 Å². The number of anilines is 1. The summed E-state index contributed by atoms with van der Waals surface area (Å²) in [5.74, 6) is -0.768. The van der Waals surface area contributed by atoms with Crippen molar-refractivity contribution in [2.75, 3.05) is 18.1 Å². The fourth-order valence-electron chi connectivity index (χ4n) is 2.91. The van der Waals surface area contributed by atoms with Crippen molar-refractivity contribution in [3.63, 3.8) is 0 Å². The molecule has 138 valence electrons. The van der Waals surface area contributed by atoms with Crippen LogP contribution >= 0.6 is 0 Å². The van der Waals surface area contributed by atoms with Crippen molar-refractivity contribution in [3.8, 4) is 5.69 Å². The van der Waals surface area contributed by atoms with Gasteiger partial charge in [0.05, 0.1) is 5.56 Å². The van der Waals surface area contributed by atoms with E-state index < -0.39 is 5.97 Å². The van der Waals surface area contributed by atoms with E-state index in [1.54, 1.807) is 17.0 Å². The van der Waals surface area contributed by atoms with Gasteiger partial charge in [-0.1, -0.05) is 24.3 Å². The van der Waals surface area contributed by atoms with Crippen molar-refractivity contribution in [1.29, 1.82) is 0 Å². The minimum Gasteiger partial charge on any atom is -0.452 e. The van der Waals surface area contributed by atoms with Gasteiger partial charge in [-0.15, -0.1) is 0 Å². The Morgan fingerprint density at radius 1 is 1.00 bits per heavy atom. The van der Waals surface area contributed by atoms with Crippen LogP contribution in [0.3, 0.4) is 0 Å². The van der Waals surface area contributed by atoms with Gasteiger partial charge in [0.2, 0.25) is 0 Å². The summed E-state index contributed by atoms with van der Waals surface area (Å²) in [6, 6.07) is 18.5. The predicted molar refractivity (Wildman–Crippen MR) is 105 cm³/mol. The molecule has 27 heavy (non-hydrogen) atoms. The van der Waals surface area contributed by atoms with Crippen LogP contribution < -0.4 is 4.90 Å². The van der Waals surface area contributed by atoms with Gasteiger partial charge in [-0.05, 0) is 55.8 Å². The number of aromatic nitrogens is 1. The predicted octanol–water partition coefficient (Wildman–Crippen LogP) is 4.00. The Balaban J connectivity index is 1.69. The molecule has 0 aliphatic rings. The van der Waals surface area contributed by atoms with E-state index in [0.29, 0.717) is 12.1 Å². The second-order valence-electron chi connectivity index (χ2n) is 6.14. The molecule has 5 nitrogen and oxygen atoms in total. The lowest BCUT2D eigenvalue weighted by atomic mass is 10.1. The molecule has 0 atom stereocenters. The molecule has 5 heteroatoms. The van der Waals surface area contributed by atoms with Crippen LogP contribution in [0.15, 0.2) is 73.1 Å². The van der Waals surface area contributed by atoms with E-state index in [9.17, 15) is 9.59 Å². The Hall–Kier alpha value is -3.34. The Morgan fingerprint density at radius 3 is 2.37 bits per heavy atom. The maximum atomic E-state index is 12.5. The van der Waals surface area contributed by atoms with Crippen molar-refractivity contribution >= 4 is 17.6 Å². The molecule has 1 aromatic heterocycles. The average Bonchev–Trinajstić information content (AvgIpc) is 3.22. The van der Waals surface area contributed by atoms with Crippen molar-refractivity contribution in [1.82, 2.24) is 4.57 Å². The summed E-state index contributed by atoms with van der Waals surface area (Å²) in [5, 5.41) is 0. The fraction of sp³-hybridized carbons (Fsp3) is 0.182. The second-order valence-corrected chi connectivity index (χ2v) is 6.14. The highest BCUT2D eigenvalue weighted by Gasteiger charge is 2.17. The monoisotopic (exact) mass is 362 g/mol. The molecule has 0 fully saturated rings. The topological polar surface area (TPSA) is 51.5 Å². The van der Waals surface area contributed by atoms with Gasteiger partial charge in [0, 0.05) is 30.3 Å². The van der Waals surface area contributed by atoms with E-state index in [-0.39, 0.29) is 12.5 Å². The first-order valence-electron chi connectivity index (χ1n) is 8.86. The molecule has 0 N–H and O–H groups in total. The largest absolute Gasteiger partial charge is 0.452 e. The smallest absolute Gasteiger partial charge is 0.338 e. The third-order valence-electron chi connectivity index (χ3n) is 4.34. The maximum Gasteiger partial charge on any atom is 0.338 e. The zero-order chi connectivity index (χ0) is 19.2. The molecular formula is C22H22N2O3. The number of amides is 1. The Bertz CT molecular complexity index is 918. The molecule has 0 aliphatic carbocycles. The van der Waals surface area contributed by atoms with Crippen LogP contribution in [0.4, 0.5) is 5.69 Å². The van der Waals surface area contributed by atoms with E-state index in [4.69, 9.17) is 4.74 Å². The van der Waals surface area contributed by atoms with Crippen LogP contribution in [-0.4, -0.2) is 29.6 Å². The molecule has 0 bridgehead atoms. The standard InChI is InChI=1S/C22H22N2O3/c1-3-24(19-9-5-4-6-10-19)21(25)16-27-22(26)18-12-11-17(2)20(15-18)23-13-7-8-14-23/h4-15H,3,16H2,1-2H3. The number of likely N-dealkylation sites (N-methyl/N-ethyl adjacent to an activating group) is 1. The second kappa shape index (κ2) is 8.36. The molecule has 2 aromatic carbocycles. The number of aryl methyl sites for hydroxylation is 1. The van der Waals surface area contributed by atoms with Gasteiger partial charge in [0.15, 0.2) is 6.61 Å². The number of rotatable bonds is 6. The number of para-hydroxylation sites is 1. The number of hydrogen-bond donors (Lipinski definition) is 0. The molecule has 0 unspecified atom stereocenters. The number of carbonyl (C=O) groups is 2. The van der Waals surface area contributed by atoms with Crippen LogP contribution in [0.2, 0.25) is 0 Å². The molecule has 3 aromatic rings. The lowest BCUT2D eigenvalue weighted by molar-refractivity contribution is -0.121. The van der Waals surface area contributed by atoms with E-state index in [1.807, 2.05) is 79.3 Å². The van der Waals surface area contributed by atoms with Crippen LogP contribution in [0.1, 0.15) is 22.8 Å². The molecule has 0 spiro atoms. The molecule has 0 radical (unpaired) electrons. The molecule has 0 aliphatic heterocycles. The maximum absolute atomic E-state index is 12.5. The zero-order valence-electron chi connectivity index (χ0n) is 15.5. The lowest BCUT2D eigenvalue weighted by Crippen LogP contribution is -2.34. The van der Waals surface area contributed by atoms with E-state index in [2.05, 4.69) is 0 Å². The quantitative estimate of drug-likeness (QED) is 0.623. The van der Waals surface area contributed by atoms with Gasteiger partial charge in [0.25, 0.3) is 5.91 Å². The summed E-state index contributed by atoms with van der Waals surface area (Å²) in [6.07, 6.45) is 3.83. The highest BCUT2D eigenvalue weighted by atomic mass is 16.5. The number of ether oxygens (including phenoxy) is 1. The van der Waals surface area contributed by atoms with Crippen LogP contribution in [-0.2, 0) is 9.53 Å². The first-order valence-corrected chi connectivity index (χ1v) is 8.86. The van der Waals surface area contributed by atoms with Gasteiger partial charge in [0.1, 0.15) is 0 Å².